The number of hydrogen-bond acceptors (Lipinski definition) is 7. The number of aromatic nitrogens is 1. The molecular weight excluding hydrogens is 590 g/mol. The van der Waals surface area contributed by atoms with Gasteiger partial charge in [0.1, 0.15) is 11.2 Å². The van der Waals surface area contributed by atoms with Gasteiger partial charge < -0.3 is 19.7 Å². The van der Waals surface area contributed by atoms with E-state index in [1.165, 1.54) is 4.57 Å². The fraction of sp³-hybridized carbons (Fsp3) is 0.500. The second kappa shape index (κ2) is 11.0. The molecule has 1 amide bonds. The topological polar surface area (TPSA) is 114 Å². The van der Waals surface area contributed by atoms with Gasteiger partial charge in [-0.1, -0.05) is 18.2 Å². The van der Waals surface area contributed by atoms with Gasteiger partial charge in [-0.15, -0.1) is 0 Å². The van der Waals surface area contributed by atoms with Crippen LogP contribution in [0.5, 0.6) is 0 Å². The van der Waals surface area contributed by atoms with Crippen LogP contribution in [-0.2, 0) is 19.2 Å². The number of halogens is 2. The van der Waals surface area contributed by atoms with Gasteiger partial charge in [0.05, 0.1) is 32.7 Å². The van der Waals surface area contributed by atoms with Crippen LogP contribution in [0, 0.1) is 4.78 Å². The minimum absolute atomic E-state index is 0.100. The molecule has 44 heavy (non-hydrogen) atoms. The molecule has 1 saturated heterocycles. The average molecular weight is 631 g/mol. The third-order valence-electron chi connectivity index (χ3n) is 7.68. The van der Waals surface area contributed by atoms with E-state index in [1.807, 2.05) is 12.1 Å². The fourth-order valence-corrected chi connectivity index (χ4v) is 7.56. The van der Waals surface area contributed by atoms with Crippen LogP contribution in [0.2, 0.25) is 0 Å². The number of hydrogen-bond donors (Lipinski definition) is 2. The lowest BCUT2D eigenvalue weighted by Gasteiger charge is -2.37. The lowest BCUT2D eigenvalue weighted by molar-refractivity contribution is 0.0256. The Morgan fingerprint density at radius 1 is 1.00 bits per heavy atom. The molecule has 1 aromatic heterocycles. The highest BCUT2D eigenvalue weighted by Crippen LogP contribution is 2.42. The predicted octanol–water partition coefficient (Wildman–Crippen LogP) is 7.40. The third kappa shape index (κ3) is 6.69. The minimum atomic E-state index is -3.38. The first kappa shape index (κ1) is 31.7. The first-order valence-electron chi connectivity index (χ1n) is 14.7. The van der Waals surface area contributed by atoms with E-state index in [-0.39, 0.29) is 23.9 Å². The third-order valence-corrected chi connectivity index (χ3v) is 9.95. The van der Waals surface area contributed by atoms with Crippen LogP contribution >= 0.6 is 0 Å². The second-order valence-corrected chi connectivity index (χ2v) is 16.0. The lowest BCUT2D eigenvalue weighted by atomic mass is 9.92. The first-order valence-corrected chi connectivity index (χ1v) is 16.3. The van der Waals surface area contributed by atoms with E-state index in [0.29, 0.717) is 35.3 Å². The smallest absolute Gasteiger partial charge is 0.419 e. The van der Waals surface area contributed by atoms with Crippen molar-refractivity contribution in [1.29, 1.82) is 4.78 Å². The summed E-state index contributed by atoms with van der Waals surface area (Å²) in [6.45, 7) is 10.2. The monoisotopic (exact) mass is 630 g/mol. The maximum Gasteiger partial charge on any atom is 0.419 e. The minimum Gasteiger partial charge on any atom is -0.444 e. The molecule has 1 aliphatic heterocycles. The van der Waals surface area contributed by atoms with Crippen LogP contribution in [0.1, 0.15) is 60.8 Å². The molecule has 0 bridgehead atoms. The molecule has 12 heteroatoms. The highest BCUT2D eigenvalue weighted by molar-refractivity contribution is 7.93. The van der Waals surface area contributed by atoms with E-state index in [0.717, 1.165) is 5.39 Å². The summed E-state index contributed by atoms with van der Waals surface area (Å²) in [6.07, 6.45) is -0.864. The van der Waals surface area contributed by atoms with Crippen molar-refractivity contribution in [3.63, 3.8) is 0 Å². The largest absolute Gasteiger partial charge is 0.444 e. The number of carbonyl (C=O) groups excluding carboxylic acids is 2. The zero-order valence-electron chi connectivity index (χ0n) is 25.9. The highest BCUT2D eigenvalue weighted by atomic mass is 32.2. The van der Waals surface area contributed by atoms with E-state index in [4.69, 9.17) is 14.3 Å². The van der Waals surface area contributed by atoms with Gasteiger partial charge in [0.25, 0.3) is 5.92 Å². The van der Waals surface area contributed by atoms with Gasteiger partial charge in [-0.25, -0.2) is 31.9 Å². The van der Waals surface area contributed by atoms with Gasteiger partial charge in [-0.3, -0.25) is 0 Å². The Morgan fingerprint density at radius 2 is 1.66 bits per heavy atom. The van der Waals surface area contributed by atoms with Gasteiger partial charge >= 0.3 is 12.2 Å². The zero-order valence-corrected chi connectivity index (χ0v) is 26.7. The summed E-state index contributed by atoms with van der Waals surface area (Å²) in [5, 5.41) is 2.97. The Morgan fingerprint density at radius 3 is 2.27 bits per heavy atom. The van der Waals surface area contributed by atoms with E-state index >= 15 is 0 Å². The van der Waals surface area contributed by atoms with E-state index in [9.17, 15) is 22.6 Å². The Labute approximate surface area is 256 Å². The summed E-state index contributed by atoms with van der Waals surface area (Å²) >= 11 is 0. The molecule has 3 aromatic rings. The summed E-state index contributed by atoms with van der Waals surface area (Å²) in [5.74, 6) is -2.88. The second-order valence-electron chi connectivity index (χ2n) is 13.6. The standard InChI is InChI=1S/C32H40F2N4O5S/c1-30(2,3)42-28(39)36-21-16-23(17-21)44(35,41)22-11-12-26(37-14-13-32(33,34)19-37)24(18-22)27-15-20-9-7-8-10-25(20)38(27)29(40)43-31(4,5)6/h7-12,15,18,21,23,35H,13-14,16-17,19H2,1-6H3,(H,36,39). The van der Waals surface area contributed by atoms with Crippen molar-refractivity contribution in [1.82, 2.24) is 9.88 Å². The maximum atomic E-state index is 14.4. The van der Waals surface area contributed by atoms with Crippen molar-refractivity contribution in [2.45, 2.75) is 94.1 Å². The molecule has 1 saturated carbocycles. The number of alkyl halides is 2. The maximum absolute atomic E-state index is 14.4. The fourth-order valence-electron chi connectivity index (χ4n) is 5.60. The van der Waals surface area contributed by atoms with Crippen LogP contribution in [0.3, 0.4) is 0 Å². The van der Waals surface area contributed by atoms with Crippen molar-refractivity contribution in [3.05, 3.63) is 48.5 Å². The number of nitrogens with one attached hydrogen (secondary N) is 2. The van der Waals surface area contributed by atoms with Crippen molar-refractivity contribution in [3.8, 4) is 11.3 Å². The molecule has 2 fully saturated rings. The quantitative estimate of drug-likeness (QED) is 0.304. The number of rotatable bonds is 5. The van der Waals surface area contributed by atoms with Crippen LogP contribution in [-0.4, -0.2) is 62.5 Å². The Bertz CT molecular complexity index is 1700. The van der Waals surface area contributed by atoms with Crippen molar-refractivity contribution < 1.29 is 32.1 Å². The van der Waals surface area contributed by atoms with Crippen molar-refractivity contribution in [2.75, 3.05) is 18.0 Å². The number of amides is 1. The normalized spacial score (nSPS) is 21.4. The molecule has 1 aliphatic carbocycles. The van der Waals surface area contributed by atoms with E-state index < -0.39 is 50.8 Å². The summed E-state index contributed by atoms with van der Waals surface area (Å²) in [4.78, 5) is 27.6. The van der Waals surface area contributed by atoms with Crippen LogP contribution in [0.15, 0.2) is 53.4 Å². The van der Waals surface area contributed by atoms with Gasteiger partial charge in [0, 0.05) is 40.5 Å². The molecule has 2 aromatic carbocycles. The molecule has 0 spiro atoms. The number of carbonyl (C=O) groups is 2. The van der Waals surface area contributed by atoms with Gasteiger partial charge in [-0.05, 0) is 84.7 Å². The first-order chi connectivity index (χ1) is 20.3. The number of anilines is 1. The van der Waals surface area contributed by atoms with Gasteiger partial charge in [0.15, 0.2) is 0 Å². The number of alkyl carbamates (subject to hydrolysis) is 1. The molecule has 0 radical (unpaired) electrons. The molecular formula is C32H40F2N4O5S. The predicted molar refractivity (Wildman–Crippen MR) is 166 cm³/mol. The van der Waals surface area contributed by atoms with Crippen molar-refractivity contribution in [2.24, 2.45) is 0 Å². The molecule has 5 rings (SSSR count). The summed E-state index contributed by atoms with van der Waals surface area (Å²) in [6, 6.07) is 13.5. The number of nitrogens with zero attached hydrogens (tertiary/aromatic N) is 2. The number of fused-ring (bicyclic) bond motifs is 1. The van der Waals surface area contributed by atoms with Crippen LogP contribution in [0.25, 0.3) is 22.2 Å². The molecule has 1 unspecified atom stereocenters. The van der Waals surface area contributed by atoms with E-state index in [2.05, 4.69) is 5.32 Å². The Hall–Kier alpha value is -3.67. The highest BCUT2D eigenvalue weighted by Gasteiger charge is 2.41. The summed E-state index contributed by atoms with van der Waals surface area (Å²) in [7, 11) is -3.38. The van der Waals surface area contributed by atoms with Crippen molar-refractivity contribution >= 4 is 38.5 Å². The van der Waals surface area contributed by atoms with Crippen LogP contribution in [0.4, 0.5) is 24.1 Å². The summed E-state index contributed by atoms with van der Waals surface area (Å²) in [5.41, 5.74) is 0.361. The zero-order chi connectivity index (χ0) is 32.2. The SMILES string of the molecule is CC(C)(C)OC(=O)NC1CC(S(=N)(=O)c2ccc(N3CCC(F)(F)C3)c(-c3cc4ccccc4n3C(=O)OC(C)(C)C)c2)C1. The molecule has 9 nitrogen and oxygen atoms in total. The molecule has 1 atom stereocenters. The molecule has 2 N–H and O–H groups in total. The molecule has 238 valence electrons. The molecule has 2 heterocycles. The Balaban J connectivity index is 1.54. The van der Waals surface area contributed by atoms with Crippen LogP contribution < -0.4 is 10.2 Å². The number of para-hydroxylation sites is 1. The molecule has 2 aliphatic rings. The van der Waals surface area contributed by atoms with E-state index in [1.54, 1.807) is 82.8 Å². The van der Waals surface area contributed by atoms with Gasteiger partial charge in [-0.2, -0.15) is 0 Å². The van der Waals surface area contributed by atoms with Gasteiger partial charge in [0.2, 0.25) is 0 Å². The lowest BCUT2D eigenvalue weighted by Crippen LogP contribution is -2.50. The average Bonchev–Trinajstić information content (AvgIpc) is 3.43. The number of ether oxygens (including phenoxy) is 2. The number of benzene rings is 2. The Kier molecular flexibility index (Phi) is 7.97. The summed E-state index contributed by atoms with van der Waals surface area (Å²) < 4.78 is 64.2.